The van der Waals surface area contributed by atoms with E-state index in [9.17, 15) is 13.2 Å². The van der Waals surface area contributed by atoms with E-state index in [2.05, 4.69) is 10.0 Å². The molecule has 2 rings (SSSR count). The molecule has 2 amide bonds. The number of rotatable bonds is 3. The number of carbonyl (C=O) groups is 1. The van der Waals surface area contributed by atoms with Crippen LogP contribution in [0.25, 0.3) is 0 Å². The van der Waals surface area contributed by atoms with Gasteiger partial charge in [-0.3, -0.25) is 0 Å². The lowest BCUT2D eigenvalue weighted by molar-refractivity contribution is 0.196. The average molecular weight is 283 g/mol. The summed E-state index contributed by atoms with van der Waals surface area (Å²) in [5.74, 6) is -0.189. The quantitative estimate of drug-likeness (QED) is 0.826. The van der Waals surface area contributed by atoms with Crippen LogP contribution in [0, 0.1) is 0 Å². The minimum Gasteiger partial charge on any atom is -0.321 e. The van der Waals surface area contributed by atoms with Crippen LogP contribution in [0.5, 0.6) is 0 Å². The molecule has 2 N–H and O–H groups in total. The van der Waals surface area contributed by atoms with Gasteiger partial charge in [0.05, 0.1) is 5.75 Å². The fourth-order valence-electron chi connectivity index (χ4n) is 1.90. The zero-order valence-electron chi connectivity index (χ0n) is 10.5. The van der Waals surface area contributed by atoms with Crippen molar-refractivity contribution >= 4 is 16.1 Å². The molecule has 0 atom stereocenters. The van der Waals surface area contributed by atoms with Crippen LogP contribution >= 0.6 is 0 Å². The molecule has 0 unspecified atom stereocenters. The molecule has 1 aromatic carbocycles. The highest BCUT2D eigenvalue weighted by Crippen LogP contribution is 2.05. The maximum atomic E-state index is 11.9. The number of nitrogens with zero attached hydrogens (tertiary/aromatic N) is 1. The molecule has 1 aliphatic rings. The van der Waals surface area contributed by atoms with Gasteiger partial charge in [0, 0.05) is 26.2 Å². The van der Waals surface area contributed by atoms with Crippen molar-refractivity contribution in [3.8, 4) is 0 Å². The first-order valence-electron chi connectivity index (χ1n) is 6.11. The van der Waals surface area contributed by atoms with Crippen LogP contribution in [0.15, 0.2) is 30.3 Å². The molecule has 0 spiro atoms. The summed E-state index contributed by atoms with van der Waals surface area (Å²) in [5.41, 5.74) is 0.656. The summed E-state index contributed by atoms with van der Waals surface area (Å²) in [6, 6.07) is 8.24. The molecule has 1 heterocycles. The lowest BCUT2D eigenvalue weighted by Gasteiger charge is -2.27. The van der Waals surface area contributed by atoms with Crippen LogP contribution in [0.2, 0.25) is 0 Å². The largest absolute Gasteiger partial charge is 0.331 e. The van der Waals surface area contributed by atoms with Gasteiger partial charge in [-0.15, -0.1) is 0 Å². The number of hydrogen-bond acceptors (Lipinski definition) is 4. The Morgan fingerprint density at radius 2 is 1.84 bits per heavy atom. The van der Waals surface area contributed by atoms with Crippen LogP contribution in [-0.4, -0.2) is 45.5 Å². The lowest BCUT2D eigenvalue weighted by Crippen LogP contribution is -2.51. The van der Waals surface area contributed by atoms with E-state index in [1.54, 1.807) is 24.3 Å². The van der Waals surface area contributed by atoms with Gasteiger partial charge < -0.3 is 10.2 Å². The van der Waals surface area contributed by atoms with Crippen molar-refractivity contribution in [1.82, 2.24) is 14.9 Å². The lowest BCUT2D eigenvalue weighted by atomic mass is 10.2. The molecule has 1 fully saturated rings. The summed E-state index contributed by atoms with van der Waals surface area (Å²) in [4.78, 5) is 13.3. The van der Waals surface area contributed by atoms with Crippen molar-refractivity contribution in [3.63, 3.8) is 0 Å². The Morgan fingerprint density at radius 3 is 2.47 bits per heavy atom. The Hall–Kier alpha value is -1.60. The van der Waals surface area contributed by atoms with Crippen molar-refractivity contribution in [2.24, 2.45) is 0 Å². The highest BCUT2D eigenvalue weighted by molar-refractivity contribution is 7.89. The first-order chi connectivity index (χ1) is 9.07. The molecule has 0 bridgehead atoms. The number of piperazine rings is 1. The molecule has 0 aliphatic carbocycles. The fraction of sp³-hybridized carbons (Fsp3) is 0.417. The maximum absolute atomic E-state index is 11.9. The summed E-state index contributed by atoms with van der Waals surface area (Å²) in [5, 5.41) is 3.10. The number of amides is 2. The molecular weight excluding hydrogens is 266 g/mol. The van der Waals surface area contributed by atoms with Gasteiger partial charge in [0.1, 0.15) is 0 Å². The highest BCUT2D eigenvalue weighted by Gasteiger charge is 2.21. The molecular formula is C12H17N3O3S. The third-order valence-electron chi connectivity index (χ3n) is 2.85. The molecule has 0 aromatic heterocycles. The molecule has 1 aromatic rings. The summed E-state index contributed by atoms with van der Waals surface area (Å²) >= 11 is 0. The van der Waals surface area contributed by atoms with Gasteiger partial charge in [-0.05, 0) is 5.56 Å². The first kappa shape index (κ1) is 13.8. The topological polar surface area (TPSA) is 78.5 Å². The third kappa shape index (κ3) is 4.22. The average Bonchev–Trinajstić information content (AvgIpc) is 2.39. The summed E-state index contributed by atoms with van der Waals surface area (Å²) < 4.78 is 25.9. The minimum absolute atomic E-state index is 0.189. The molecule has 19 heavy (non-hydrogen) atoms. The SMILES string of the molecule is O=C(NS(=O)(=O)Cc1ccccc1)N1CCNCC1. The normalized spacial score (nSPS) is 16.1. The molecule has 1 saturated heterocycles. The van der Waals surface area contributed by atoms with Crippen molar-refractivity contribution < 1.29 is 13.2 Å². The minimum atomic E-state index is -3.64. The van der Waals surface area contributed by atoms with Gasteiger partial charge in [-0.1, -0.05) is 30.3 Å². The summed E-state index contributed by atoms with van der Waals surface area (Å²) in [6.45, 7) is 2.41. The van der Waals surface area contributed by atoms with Gasteiger partial charge in [-0.2, -0.15) is 0 Å². The van der Waals surface area contributed by atoms with E-state index in [1.807, 2.05) is 6.07 Å². The second kappa shape index (κ2) is 6.03. The van der Waals surface area contributed by atoms with Crippen LogP contribution in [-0.2, 0) is 15.8 Å². The zero-order chi connectivity index (χ0) is 13.7. The number of urea groups is 1. The molecule has 0 saturated carbocycles. The highest BCUT2D eigenvalue weighted by atomic mass is 32.2. The number of sulfonamides is 1. The smallest absolute Gasteiger partial charge is 0.321 e. The molecule has 1 aliphatic heterocycles. The summed E-state index contributed by atoms with van der Waals surface area (Å²) in [7, 11) is -3.64. The Labute approximate surface area is 112 Å². The van der Waals surface area contributed by atoms with E-state index < -0.39 is 16.1 Å². The van der Waals surface area contributed by atoms with Crippen LogP contribution in [0.1, 0.15) is 5.56 Å². The van der Waals surface area contributed by atoms with E-state index >= 15 is 0 Å². The second-order valence-corrected chi connectivity index (χ2v) is 6.11. The van der Waals surface area contributed by atoms with Crippen molar-refractivity contribution in [2.75, 3.05) is 26.2 Å². The van der Waals surface area contributed by atoms with Crippen LogP contribution in [0.4, 0.5) is 4.79 Å². The zero-order valence-corrected chi connectivity index (χ0v) is 11.3. The molecule has 7 heteroatoms. The van der Waals surface area contributed by atoms with Gasteiger partial charge >= 0.3 is 6.03 Å². The van der Waals surface area contributed by atoms with E-state index in [0.29, 0.717) is 31.7 Å². The molecule has 6 nitrogen and oxygen atoms in total. The van der Waals surface area contributed by atoms with E-state index in [1.165, 1.54) is 4.90 Å². The molecule has 0 radical (unpaired) electrons. The Balaban J connectivity index is 1.95. The standard InChI is InChI=1S/C12H17N3O3S/c16-12(15-8-6-13-7-9-15)14-19(17,18)10-11-4-2-1-3-5-11/h1-5,13H,6-10H2,(H,14,16). The second-order valence-electron chi connectivity index (χ2n) is 4.39. The Morgan fingerprint density at radius 1 is 1.21 bits per heavy atom. The number of hydrogen-bond donors (Lipinski definition) is 2. The summed E-state index contributed by atoms with van der Waals surface area (Å²) in [6.07, 6.45) is 0. The van der Waals surface area contributed by atoms with E-state index in [-0.39, 0.29) is 5.75 Å². The number of carbonyl (C=O) groups excluding carboxylic acids is 1. The number of nitrogens with one attached hydrogen (secondary N) is 2. The van der Waals surface area contributed by atoms with Gasteiger partial charge in [0.25, 0.3) is 0 Å². The van der Waals surface area contributed by atoms with Crippen molar-refractivity contribution in [3.05, 3.63) is 35.9 Å². The predicted octanol–water partition coefficient (Wildman–Crippen LogP) is 0.131. The fourth-order valence-corrected chi connectivity index (χ4v) is 2.99. The van der Waals surface area contributed by atoms with Gasteiger partial charge in [0.15, 0.2) is 0 Å². The third-order valence-corrected chi connectivity index (χ3v) is 4.05. The maximum Gasteiger partial charge on any atom is 0.331 e. The van der Waals surface area contributed by atoms with Gasteiger partial charge in [-0.25, -0.2) is 17.9 Å². The van der Waals surface area contributed by atoms with E-state index in [4.69, 9.17) is 0 Å². The predicted molar refractivity (Wildman–Crippen MR) is 72.0 cm³/mol. The van der Waals surface area contributed by atoms with Gasteiger partial charge in [0.2, 0.25) is 10.0 Å². The molecule has 104 valence electrons. The van der Waals surface area contributed by atoms with Crippen molar-refractivity contribution in [2.45, 2.75) is 5.75 Å². The Bertz CT molecular complexity index is 524. The van der Waals surface area contributed by atoms with E-state index in [0.717, 1.165) is 0 Å². The van der Waals surface area contributed by atoms with Crippen LogP contribution < -0.4 is 10.0 Å². The van der Waals surface area contributed by atoms with Crippen LogP contribution in [0.3, 0.4) is 0 Å². The Kier molecular flexibility index (Phi) is 4.39. The monoisotopic (exact) mass is 283 g/mol. The van der Waals surface area contributed by atoms with Crippen molar-refractivity contribution in [1.29, 1.82) is 0 Å². The first-order valence-corrected chi connectivity index (χ1v) is 7.76. The number of benzene rings is 1.